The smallest absolute Gasteiger partial charge is 0.298 e. The molecule has 158 valence electrons. The molecule has 8 heteroatoms. The summed E-state index contributed by atoms with van der Waals surface area (Å²) in [5, 5.41) is 2.89. The number of anilines is 1. The van der Waals surface area contributed by atoms with Gasteiger partial charge in [-0.3, -0.25) is 4.79 Å². The molecule has 0 aliphatic carbocycles. The molecule has 0 radical (unpaired) electrons. The second-order valence-corrected chi connectivity index (χ2v) is 9.69. The van der Waals surface area contributed by atoms with Crippen LogP contribution >= 0.6 is 0 Å². The normalized spacial score (nSPS) is 15.4. The van der Waals surface area contributed by atoms with Gasteiger partial charge in [-0.2, -0.15) is 4.98 Å². The third kappa shape index (κ3) is 4.81. The topological polar surface area (TPSA) is 92.5 Å². The highest BCUT2D eigenvalue weighted by Crippen LogP contribution is 2.26. The highest BCUT2D eigenvalue weighted by atomic mass is 32.2. The van der Waals surface area contributed by atoms with Crippen LogP contribution in [-0.4, -0.2) is 44.7 Å². The number of carbonyl (C=O) groups excluding carboxylic acids is 1. The molecule has 0 unspecified atom stereocenters. The second kappa shape index (κ2) is 8.87. The first-order valence-electron chi connectivity index (χ1n) is 10.2. The van der Waals surface area contributed by atoms with Crippen LogP contribution in [0.5, 0.6) is 0 Å². The first-order valence-corrected chi connectivity index (χ1v) is 11.8. The van der Waals surface area contributed by atoms with Crippen LogP contribution in [0, 0.1) is 5.92 Å². The van der Waals surface area contributed by atoms with E-state index in [0.717, 1.165) is 37.0 Å². The molecule has 0 spiro atoms. The zero-order chi connectivity index (χ0) is 21.0. The maximum atomic E-state index is 12.3. The van der Waals surface area contributed by atoms with E-state index in [0.29, 0.717) is 18.5 Å². The van der Waals surface area contributed by atoms with E-state index < -0.39 is 9.84 Å². The van der Waals surface area contributed by atoms with Crippen molar-refractivity contribution in [1.29, 1.82) is 0 Å². The first kappa shape index (κ1) is 20.4. The van der Waals surface area contributed by atoms with E-state index in [1.807, 2.05) is 24.3 Å². The number of fused-ring (bicyclic) bond motifs is 1. The standard InChI is InChI=1S/C22H25N3O4S/c26-21(12-15-30(27,28)18-6-2-1-3-7-18)23-16-17-10-13-25(14-11-17)22-24-19-8-4-5-9-20(19)29-22/h1-9,17H,10-16H2,(H,23,26). The Bertz CT molecular complexity index is 1070. The summed E-state index contributed by atoms with van der Waals surface area (Å²) in [4.78, 5) is 19.1. The molecule has 0 atom stereocenters. The van der Waals surface area contributed by atoms with Gasteiger partial charge in [0.25, 0.3) is 6.01 Å². The number of benzene rings is 2. The lowest BCUT2D eigenvalue weighted by molar-refractivity contribution is -0.120. The molecule has 1 aliphatic rings. The van der Waals surface area contributed by atoms with Crippen molar-refractivity contribution < 1.29 is 17.6 Å². The molecule has 0 saturated carbocycles. The van der Waals surface area contributed by atoms with Gasteiger partial charge in [0.2, 0.25) is 5.91 Å². The monoisotopic (exact) mass is 427 g/mol. The van der Waals surface area contributed by atoms with Crippen LogP contribution in [0.1, 0.15) is 19.3 Å². The van der Waals surface area contributed by atoms with E-state index >= 15 is 0 Å². The highest BCUT2D eigenvalue weighted by molar-refractivity contribution is 7.91. The molecule has 1 saturated heterocycles. The molecule has 3 aromatic rings. The van der Waals surface area contributed by atoms with Crippen LogP contribution in [0.25, 0.3) is 11.1 Å². The van der Waals surface area contributed by atoms with Gasteiger partial charge in [-0.1, -0.05) is 30.3 Å². The van der Waals surface area contributed by atoms with Crippen molar-refractivity contribution in [3.05, 3.63) is 54.6 Å². The molecule has 1 fully saturated rings. The molecule has 1 aliphatic heterocycles. The number of sulfone groups is 1. The summed E-state index contributed by atoms with van der Waals surface area (Å²) in [5.41, 5.74) is 1.64. The van der Waals surface area contributed by atoms with Crippen LogP contribution in [0.3, 0.4) is 0 Å². The average molecular weight is 428 g/mol. The minimum Gasteiger partial charge on any atom is -0.423 e. The van der Waals surface area contributed by atoms with Crippen molar-refractivity contribution in [1.82, 2.24) is 10.3 Å². The van der Waals surface area contributed by atoms with Gasteiger partial charge in [0.1, 0.15) is 5.52 Å². The van der Waals surface area contributed by atoms with Crippen LogP contribution in [0.4, 0.5) is 6.01 Å². The van der Waals surface area contributed by atoms with Crippen LogP contribution in [0.15, 0.2) is 63.9 Å². The van der Waals surface area contributed by atoms with Crippen molar-refractivity contribution in [2.45, 2.75) is 24.2 Å². The number of rotatable bonds is 7. The number of hydrogen-bond acceptors (Lipinski definition) is 6. The summed E-state index contributed by atoms with van der Waals surface area (Å²) < 4.78 is 30.4. The van der Waals surface area contributed by atoms with E-state index in [1.165, 1.54) is 0 Å². The van der Waals surface area contributed by atoms with Gasteiger partial charge in [-0.05, 0) is 43.0 Å². The van der Waals surface area contributed by atoms with Crippen molar-refractivity contribution in [2.24, 2.45) is 5.92 Å². The lowest BCUT2D eigenvalue weighted by Crippen LogP contribution is -2.39. The zero-order valence-electron chi connectivity index (χ0n) is 16.7. The summed E-state index contributed by atoms with van der Waals surface area (Å²) in [5.74, 6) is -0.0462. The van der Waals surface area contributed by atoms with E-state index in [-0.39, 0.29) is 23.0 Å². The fourth-order valence-corrected chi connectivity index (χ4v) is 4.90. The number of nitrogens with zero attached hydrogens (tertiary/aromatic N) is 2. The minimum atomic E-state index is -3.43. The molecule has 2 aromatic carbocycles. The summed E-state index contributed by atoms with van der Waals surface area (Å²) in [7, 11) is -3.43. The van der Waals surface area contributed by atoms with Crippen LogP contribution in [-0.2, 0) is 14.6 Å². The maximum absolute atomic E-state index is 12.3. The van der Waals surface area contributed by atoms with Gasteiger partial charge in [0, 0.05) is 26.1 Å². The van der Waals surface area contributed by atoms with Crippen molar-refractivity contribution in [3.63, 3.8) is 0 Å². The van der Waals surface area contributed by atoms with Crippen LogP contribution < -0.4 is 10.2 Å². The SMILES string of the molecule is O=C(CCS(=O)(=O)c1ccccc1)NCC1CCN(c2nc3ccccc3o2)CC1. The largest absolute Gasteiger partial charge is 0.423 e. The Hall–Kier alpha value is -2.87. The van der Waals surface area contributed by atoms with E-state index in [1.54, 1.807) is 30.3 Å². The third-order valence-corrected chi connectivity index (χ3v) is 7.19. The van der Waals surface area contributed by atoms with Gasteiger partial charge in [-0.15, -0.1) is 0 Å². The number of oxazole rings is 1. The number of carbonyl (C=O) groups is 1. The molecule has 1 amide bonds. The van der Waals surface area contributed by atoms with Crippen molar-refractivity contribution >= 4 is 32.9 Å². The highest BCUT2D eigenvalue weighted by Gasteiger charge is 2.23. The predicted octanol–water partition coefficient (Wildman–Crippen LogP) is 3.02. The number of nitrogens with one attached hydrogen (secondary N) is 1. The maximum Gasteiger partial charge on any atom is 0.298 e. The summed E-state index contributed by atoms with van der Waals surface area (Å²) in [6.45, 7) is 2.19. The average Bonchev–Trinajstić information content (AvgIpc) is 3.22. The Morgan fingerprint density at radius 1 is 1.07 bits per heavy atom. The Labute approximate surface area is 176 Å². The fraction of sp³-hybridized carbons (Fsp3) is 0.364. The third-order valence-electron chi connectivity index (χ3n) is 5.46. The van der Waals surface area contributed by atoms with Gasteiger partial charge in [0.15, 0.2) is 15.4 Å². The van der Waals surface area contributed by atoms with Gasteiger partial charge < -0.3 is 14.6 Å². The lowest BCUT2D eigenvalue weighted by atomic mass is 9.97. The Kier molecular flexibility index (Phi) is 6.03. The second-order valence-electron chi connectivity index (χ2n) is 7.58. The van der Waals surface area contributed by atoms with Crippen molar-refractivity contribution in [3.8, 4) is 0 Å². The van der Waals surface area contributed by atoms with Gasteiger partial charge in [0.05, 0.1) is 10.6 Å². The lowest BCUT2D eigenvalue weighted by Gasteiger charge is -2.30. The number of aromatic nitrogens is 1. The van der Waals surface area contributed by atoms with E-state index in [9.17, 15) is 13.2 Å². The fourth-order valence-electron chi connectivity index (χ4n) is 3.64. The summed E-state index contributed by atoms with van der Waals surface area (Å²) >= 11 is 0. The number of hydrogen-bond donors (Lipinski definition) is 1. The molecule has 4 rings (SSSR count). The molecule has 1 aromatic heterocycles. The van der Waals surface area contributed by atoms with Gasteiger partial charge >= 0.3 is 0 Å². The molecule has 30 heavy (non-hydrogen) atoms. The number of piperidine rings is 1. The molecule has 2 heterocycles. The zero-order valence-corrected chi connectivity index (χ0v) is 17.5. The molecule has 1 N–H and O–H groups in total. The van der Waals surface area contributed by atoms with E-state index in [2.05, 4.69) is 15.2 Å². The molecular weight excluding hydrogens is 402 g/mol. The Morgan fingerprint density at radius 2 is 1.77 bits per heavy atom. The number of amides is 1. The molecular formula is C22H25N3O4S. The Balaban J connectivity index is 1.21. The summed E-state index contributed by atoms with van der Waals surface area (Å²) in [6.07, 6.45) is 1.81. The van der Waals surface area contributed by atoms with Crippen molar-refractivity contribution in [2.75, 3.05) is 30.3 Å². The van der Waals surface area contributed by atoms with E-state index in [4.69, 9.17) is 4.42 Å². The Morgan fingerprint density at radius 3 is 2.50 bits per heavy atom. The van der Waals surface area contributed by atoms with Gasteiger partial charge in [-0.25, -0.2) is 8.42 Å². The minimum absolute atomic E-state index is 0.0288. The van der Waals surface area contributed by atoms with Crippen LogP contribution in [0.2, 0.25) is 0 Å². The first-order chi connectivity index (χ1) is 14.5. The number of para-hydroxylation sites is 2. The summed E-state index contributed by atoms with van der Waals surface area (Å²) in [6, 6.07) is 16.6. The predicted molar refractivity (Wildman–Crippen MR) is 115 cm³/mol. The quantitative estimate of drug-likeness (QED) is 0.623. The molecule has 7 nitrogen and oxygen atoms in total. The molecule has 0 bridgehead atoms.